The van der Waals surface area contributed by atoms with Crippen molar-refractivity contribution in [2.45, 2.75) is 18.9 Å². The molecule has 1 aliphatic rings. The average Bonchev–Trinajstić information content (AvgIpc) is 3.06. The summed E-state index contributed by atoms with van der Waals surface area (Å²) in [5.41, 5.74) is 0.874. The number of nitrogens with one attached hydrogen (secondary N) is 1. The van der Waals surface area contributed by atoms with E-state index in [0.29, 0.717) is 6.54 Å². The molecule has 1 aromatic carbocycles. The van der Waals surface area contributed by atoms with Crippen LogP contribution in [0.3, 0.4) is 0 Å². The molecule has 116 valence electrons. The quantitative estimate of drug-likeness (QED) is 0.903. The number of aromatic nitrogens is 2. The Kier molecular flexibility index (Phi) is 4.48. The van der Waals surface area contributed by atoms with E-state index in [2.05, 4.69) is 15.3 Å². The summed E-state index contributed by atoms with van der Waals surface area (Å²) in [6, 6.07) is 7.78. The van der Waals surface area contributed by atoms with E-state index in [9.17, 15) is 4.79 Å². The second-order valence-corrected chi connectivity index (χ2v) is 5.51. The summed E-state index contributed by atoms with van der Waals surface area (Å²) in [6.45, 7) is 1.64. The fourth-order valence-corrected chi connectivity index (χ4v) is 2.67. The summed E-state index contributed by atoms with van der Waals surface area (Å²) in [4.78, 5) is 22.5. The van der Waals surface area contributed by atoms with Crippen LogP contribution < -0.4 is 10.2 Å². The number of amides is 1. The summed E-state index contributed by atoms with van der Waals surface area (Å²) in [5.74, 6) is 0.735. The summed E-state index contributed by atoms with van der Waals surface area (Å²) >= 11 is 0. The molecule has 0 radical (unpaired) electrons. The van der Waals surface area contributed by atoms with Crippen LogP contribution in [0.1, 0.15) is 12.8 Å². The van der Waals surface area contributed by atoms with Crippen LogP contribution in [0.5, 0.6) is 0 Å². The second-order valence-electron chi connectivity index (χ2n) is 5.51. The van der Waals surface area contributed by atoms with Crippen molar-refractivity contribution in [2.75, 3.05) is 31.6 Å². The molecule has 22 heavy (non-hydrogen) atoms. The predicted octanol–water partition coefficient (Wildman–Crippen LogP) is 1.36. The average molecular weight is 300 g/mol. The van der Waals surface area contributed by atoms with Crippen LogP contribution in [-0.4, -0.2) is 48.7 Å². The SMILES string of the molecule is CN(CC(=O)NCC1CCCO1)c1ncnc2ccccc12. The van der Waals surface area contributed by atoms with Crippen molar-refractivity contribution < 1.29 is 9.53 Å². The predicted molar refractivity (Wildman–Crippen MR) is 84.8 cm³/mol. The van der Waals surface area contributed by atoms with Gasteiger partial charge < -0.3 is 15.0 Å². The lowest BCUT2D eigenvalue weighted by atomic mass is 10.2. The monoisotopic (exact) mass is 300 g/mol. The van der Waals surface area contributed by atoms with Gasteiger partial charge >= 0.3 is 0 Å². The van der Waals surface area contributed by atoms with E-state index in [1.54, 1.807) is 0 Å². The molecule has 1 fully saturated rings. The molecule has 0 spiro atoms. The van der Waals surface area contributed by atoms with Gasteiger partial charge in [-0.25, -0.2) is 9.97 Å². The molecule has 1 amide bonds. The normalized spacial score (nSPS) is 17.6. The molecule has 6 nitrogen and oxygen atoms in total. The van der Waals surface area contributed by atoms with E-state index in [0.717, 1.165) is 36.2 Å². The van der Waals surface area contributed by atoms with Crippen molar-refractivity contribution in [1.82, 2.24) is 15.3 Å². The highest BCUT2D eigenvalue weighted by molar-refractivity contribution is 5.91. The van der Waals surface area contributed by atoms with Gasteiger partial charge in [-0.1, -0.05) is 12.1 Å². The van der Waals surface area contributed by atoms with E-state index >= 15 is 0 Å². The van der Waals surface area contributed by atoms with Gasteiger partial charge in [0.1, 0.15) is 12.1 Å². The molecule has 0 aliphatic carbocycles. The molecule has 1 aliphatic heterocycles. The van der Waals surface area contributed by atoms with Gasteiger partial charge in [-0.3, -0.25) is 4.79 Å². The molecule has 2 aromatic rings. The zero-order chi connectivity index (χ0) is 15.4. The van der Waals surface area contributed by atoms with Gasteiger partial charge in [0.2, 0.25) is 5.91 Å². The van der Waals surface area contributed by atoms with Crippen molar-refractivity contribution in [2.24, 2.45) is 0 Å². The summed E-state index contributed by atoms with van der Waals surface area (Å²) in [6.07, 6.45) is 3.78. The number of rotatable bonds is 5. The van der Waals surface area contributed by atoms with E-state index in [1.807, 2.05) is 36.2 Å². The topological polar surface area (TPSA) is 67.4 Å². The Labute approximate surface area is 129 Å². The molecule has 0 saturated carbocycles. The van der Waals surface area contributed by atoms with Crippen molar-refractivity contribution in [1.29, 1.82) is 0 Å². The number of carbonyl (C=O) groups excluding carboxylic acids is 1. The van der Waals surface area contributed by atoms with Crippen molar-refractivity contribution >= 4 is 22.6 Å². The van der Waals surface area contributed by atoms with Crippen LogP contribution >= 0.6 is 0 Å². The molecule has 1 atom stereocenters. The molecular weight excluding hydrogens is 280 g/mol. The Morgan fingerprint density at radius 1 is 1.41 bits per heavy atom. The van der Waals surface area contributed by atoms with Crippen molar-refractivity contribution in [3.63, 3.8) is 0 Å². The van der Waals surface area contributed by atoms with E-state index in [1.165, 1.54) is 6.33 Å². The summed E-state index contributed by atoms with van der Waals surface area (Å²) in [7, 11) is 1.86. The molecular formula is C16H20N4O2. The first-order chi connectivity index (χ1) is 10.7. The Bertz CT molecular complexity index is 650. The van der Waals surface area contributed by atoms with Gasteiger partial charge in [0.25, 0.3) is 0 Å². The number of fused-ring (bicyclic) bond motifs is 1. The number of benzene rings is 1. The highest BCUT2D eigenvalue weighted by atomic mass is 16.5. The maximum atomic E-state index is 12.1. The lowest BCUT2D eigenvalue weighted by Crippen LogP contribution is -2.39. The highest BCUT2D eigenvalue weighted by Gasteiger charge is 2.17. The van der Waals surface area contributed by atoms with Crippen LogP contribution in [0.25, 0.3) is 10.9 Å². The molecule has 1 saturated heterocycles. The van der Waals surface area contributed by atoms with Crippen LogP contribution in [0.2, 0.25) is 0 Å². The minimum atomic E-state index is -0.0271. The van der Waals surface area contributed by atoms with Crippen molar-refractivity contribution in [3.8, 4) is 0 Å². The summed E-state index contributed by atoms with van der Waals surface area (Å²) in [5, 5.41) is 3.87. The zero-order valence-electron chi connectivity index (χ0n) is 12.7. The lowest BCUT2D eigenvalue weighted by molar-refractivity contribution is -0.120. The molecule has 1 unspecified atom stereocenters. The first-order valence-electron chi connectivity index (χ1n) is 7.53. The number of para-hydroxylation sites is 1. The Hall–Kier alpha value is -2.21. The van der Waals surface area contributed by atoms with Crippen LogP contribution in [0.4, 0.5) is 5.82 Å². The highest BCUT2D eigenvalue weighted by Crippen LogP contribution is 2.21. The first kappa shape index (κ1) is 14.7. The van der Waals surface area contributed by atoms with Gasteiger partial charge in [-0.2, -0.15) is 0 Å². The minimum Gasteiger partial charge on any atom is -0.376 e. The maximum Gasteiger partial charge on any atom is 0.239 e. The van der Waals surface area contributed by atoms with Gasteiger partial charge in [0.15, 0.2) is 0 Å². The number of nitrogens with zero attached hydrogens (tertiary/aromatic N) is 3. The number of anilines is 1. The smallest absolute Gasteiger partial charge is 0.239 e. The first-order valence-corrected chi connectivity index (χ1v) is 7.53. The molecule has 0 bridgehead atoms. The molecule has 6 heteroatoms. The molecule has 1 N–H and O–H groups in total. The molecule has 2 heterocycles. The maximum absolute atomic E-state index is 12.1. The van der Waals surface area contributed by atoms with Gasteiger partial charge in [-0.15, -0.1) is 0 Å². The van der Waals surface area contributed by atoms with Gasteiger partial charge in [0, 0.05) is 25.6 Å². The molecule has 1 aromatic heterocycles. The van der Waals surface area contributed by atoms with Crippen LogP contribution in [0.15, 0.2) is 30.6 Å². The largest absolute Gasteiger partial charge is 0.376 e. The number of hydrogen-bond donors (Lipinski definition) is 1. The Morgan fingerprint density at radius 3 is 3.09 bits per heavy atom. The zero-order valence-corrected chi connectivity index (χ0v) is 12.7. The number of likely N-dealkylation sites (N-methyl/N-ethyl adjacent to an activating group) is 1. The van der Waals surface area contributed by atoms with Gasteiger partial charge in [-0.05, 0) is 25.0 Å². The van der Waals surface area contributed by atoms with Crippen LogP contribution in [-0.2, 0) is 9.53 Å². The third-order valence-corrected chi connectivity index (χ3v) is 3.82. The van der Waals surface area contributed by atoms with Crippen LogP contribution in [0, 0.1) is 0 Å². The Balaban J connectivity index is 1.62. The Morgan fingerprint density at radius 2 is 2.27 bits per heavy atom. The van der Waals surface area contributed by atoms with E-state index in [4.69, 9.17) is 4.74 Å². The van der Waals surface area contributed by atoms with E-state index in [-0.39, 0.29) is 18.6 Å². The third-order valence-electron chi connectivity index (χ3n) is 3.82. The fraction of sp³-hybridized carbons (Fsp3) is 0.438. The number of hydrogen-bond acceptors (Lipinski definition) is 5. The van der Waals surface area contributed by atoms with E-state index < -0.39 is 0 Å². The van der Waals surface area contributed by atoms with Crippen molar-refractivity contribution in [3.05, 3.63) is 30.6 Å². The summed E-state index contributed by atoms with van der Waals surface area (Å²) < 4.78 is 5.50. The minimum absolute atomic E-state index is 0.0271. The standard InChI is InChI=1S/C16H20N4O2/c1-20(10-15(21)17-9-12-5-4-8-22-12)16-13-6-2-3-7-14(13)18-11-19-16/h2-3,6-7,11-12H,4-5,8-10H2,1H3,(H,17,21). The lowest BCUT2D eigenvalue weighted by Gasteiger charge is -2.19. The fourth-order valence-electron chi connectivity index (χ4n) is 2.67. The molecule has 3 rings (SSSR count). The second kappa shape index (κ2) is 6.70. The number of ether oxygens (including phenoxy) is 1. The third kappa shape index (κ3) is 3.33. The number of carbonyl (C=O) groups is 1. The van der Waals surface area contributed by atoms with Gasteiger partial charge in [0.05, 0.1) is 18.2 Å².